The summed E-state index contributed by atoms with van der Waals surface area (Å²) in [6.45, 7) is 7.57. The first-order chi connectivity index (χ1) is 11.0. The van der Waals surface area contributed by atoms with Gasteiger partial charge in [0.05, 0.1) is 6.10 Å². The highest BCUT2D eigenvalue weighted by atomic mass is 16.3. The third kappa shape index (κ3) is 2.28. The molecule has 0 aliphatic heterocycles. The fourth-order valence-electron chi connectivity index (χ4n) is 8.19. The molecule has 1 N–H and O–H groups in total. The standard InChI is InChI=1S/C22H38O/c1-4-7-15-9-10-17-20-18(11-13-22(15,17)3)21(2)12-6-5-8-16(21)14-19(20)23/h15-20,23H,4-14H2,1-3H3. The molecule has 4 aliphatic carbocycles. The van der Waals surface area contributed by atoms with Crippen molar-refractivity contribution < 1.29 is 5.11 Å². The van der Waals surface area contributed by atoms with Crippen LogP contribution < -0.4 is 0 Å². The van der Waals surface area contributed by atoms with Crippen molar-refractivity contribution in [1.29, 1.82) is 0 Å². The summed E-state index contributed by atoms with van der Waals surface area (Å²) in [4.78, 5) is 0. The minimum Gasteiger partial charge on any atom is -0.393 e. The van der Waals surface area contributed by atoms with Gasteiger partial charge in [-0.1, -0.05) is 46.5 Å². The Balaban J connectivity index is 1.64. The van der Waals surface area contributed by atoms with Crippen LogP contribution in [0.5, 0.6) is 0 Å². The molecule has 8 unspecified atom stereocenters. The van der Waals surface area contributed by atoms with Gasteiger partial charge in [0.1, 0.15) is 0 Å². The maximum atomic E-state index is 11.1. The third-order valence-electron chi connectivity index (χ3n) is 9.43. The van der Waals surface area contributed by atoms with Crippen LogP contribution in [0.4, 0.5) is 0 Å². The number of hydrogen-bond donors (Lipinski definition) is 1. The van der Waals surface area contributed by atoms with E-state index < -0.39 is 0 Å². The SMILES string of the molecule is CCCC1CCC2C3C(O)CC4CCCCC4(C)C3CCC12C. The second-order valence-electron chi connectivity index (χ2n) is 10.1. The van der Waals surface area contributed by atoms with E-state index in [0.29, 0.717) is 16.7 Å². The smallest absolute Gasteiger partial charge is 0.0577 e. The molecular formula is C22H38O. The Bertz CT molecular complexity index is 445. The summed E-state index contributed by atoms with van der Waals surface area (Å²) < 4.78 is 0. The maximum absolute atomic E-state index is 11.1. The summed E-state index contributed by atoms with van der Waals surface area (Å²) in [6, 6.07) is 0. The molecule has 0 aromatic carbocycles. The van der Waals surface area contributed by atoms with Crippen molar-refractivity contribution in [2.24, 2.45) is 40.4 Å². The van der Waals surface area contributed by atoms with E-state index in [-0.39, 0.29) is 6.10 Å². The van der Waals surface area contributed by atoms with E-state index in [4.69, 9.17) is 0 Å². The van der Waals surface area contributed by atoms with E-state index in [0.717, 1.165) is 30.1 Å². The minimum atomic E-state index is 0.00109. The highest BCUT2D eigenvalue weighted by Gasteiger charge is 2.61. The van der Waals surface area contributed by atoms with Crippen molar-refractivity contribution in [3.63, 3.8) is 0 Å². The summed E-state index contributed by atoms with van der Waals surface area (Å²) in [5.41, 5.74) is 1.09. The number of hydrogen-bond acceptors (Lipinski definition) is 1. The lowest BCUT2D eigenvalue weighted by atomic mass is 9.44. The highest BCUT2D eigenvalue weighted by Crippen LogP contribution is 2.67. The predicted molar refractivity (Wildman–Crippen MR) is 96.1 cm³/mol. The number of aliphatic hydroxyl groups is 1. The number of aliphatic hydroxyl groups excluding tert-OH is 1. The molecule has 4 saturated carbocycles. The van der Waals surface area contributed by atoms with Gasteiger partial charge < -0.3 is 5.11 Å². The molecule has 0 aromatic rings. The molecule has 0 bridgehead atoms. The normalized spacial score (nSPS) is 55.8. The fraction of sp³-hybridized carbons (Fsp3) is 1.00. The molecule has 0 radical (unpaired) electrons. The van der Waals surface area contributed by atoms with Gasteiger partial charge in [-0.3, -0.25) is 0 Å². The zero-order valence-corrected chi connectivity index (χ0v) is 15.7. The van der Waals surface area contributed by atoms with Crippen LogP contribution in [0, 0.1) is 40.4 Å². The Morgan fingerprint density at radius 3 is 2.48 bits per heavy atom. The van der Waals surface area contributed by atoms with E-state index in [2.05, 4.69) is 20.8 Å². The first kappa shape index (κ1) is 16.4. The van der Waals surface area contributed by atoms with Crippen LogP contribution in [-0.4, -0.2) is 11.2 Å². The monoisotopic (exact) mass is 318 g/mol. The maximum Gasteiger partial charge on any atom is 0.0577 e. The molecule has 0 spiro atoms. The Morgan fingerprint density at radius 1 is 0.913 bits per heavy atom. The van der Waals surface area contributed by atoms with Crippen LogP contribution in [0.25, 0.3) is 0 Å². The molecule has 1 nitrogen and oxygen atoms in total. The molecule has 23 heavy (non-hydrogen) atoms. The first-order valence-electron chi connectivity index (χ1n) is 10.7. The van der Waals surface area contributed by atoms with Gasteiger partial charge in [-0.2, -0.15) is 0 Å². The minimum absolute atomic E-state index is 0.00109. The molecular weight excluding hydrogens is 280 g/mol. The molecule has 8 atom stereocenters. The molecule has 1 heteroatoms. The molecule has 132 valence electrons. The molecule has 4 aliphatic rings. The number of fused-ring (bicyclic) bond motifs is 5. The van der Waals surface area contributed by atoms with E-state index in [1.807, 2.05) is 0 Å². The Labute approximate surface area is 143 Å². The lowest BCUT2D eigenvalue weighted by Gasteiger charge is -2.62. The molecule has 0 heterocycles. The second kappa shape index (κ2) is 5.75. The van der Waals surface area contributed by atoms with Crippen molar-refractivity contribution in [2.75, 3.05) is 0 Å². The predicted octanol–water partition coefficient (Wildman–Crippen LogP) is 5.81. The van der Waals surface area contributed by atoms with Crippen LogP contribution in [0.2, 0.25) is 0 Å². The average molecular weight is 319 g/mol. The Kier molecular flexibility index (Phi) is 4.11. The molecule has 0 amide bonds. The van der Waals surface area contributed by atoms with Crippen molar-refractivity contribution in [1.82, 2.24) is 0 Å². The largest absolute Gasteiger partial charge is 0.393 e. The van der Waals surface area contributed by atoms with Gasteiger partial charge in [0.25, 0.3) is 0 Å². The van der Waals surface area contributed by atoms with E-state index in [1.54, 1.807) is 0 Å². The quantitative estimate of drug-likeness (QED) is 0.681. The van der Waals surface area contributed by atoms with E-state index in [9.17, 15) is 5.11 Å². The third-order valence-corrected chi connectivity index (χ3v) is 9.43. The van der Waals surface area contributed by atoms with Gasteiger partial charge in [0, 0.05) is 0 Å². The summed E-state index contributed by atoms with van der Waals surface area (Å²) >= 11 is 0. The zero-order chi connectivity index (χ0) is 16.2. The highest BCUT2D eigenvalue weighted by molar-refractivity contribution is 5.10. The Morgan fingerprint density at radius 2 is 1.70 bits per heavy atom. The van der Waals surface area contributed by atoms with Crippen LogP contribution in [0.3, 0.4) is 0 Å². The van der Waals surface area contributed by atoms with Crippen LogP contribution in [-0.2, 0) is 0 Å². The first-order valence-corrected chi connectivity index (χ1v) is 10.7. The average Bonchev–Trinajstić information content (AvgIpc) is 2.85. The van der Waals surface area contributed by atoms with Crippen molar-refractivity contribution in [2.45, 2.75) is 97.5 Å². The Hall–Kier alpha value is -0.0400. The van der Waals surface area contributed by atoms with E-state index >= 15 is 0 Å². The molecule has 4 rings (SSSR count). The summed E-state index contributed by atoms with van der Waals surface area (Å²) in [7, 11) is 0. The van der Waals surface area contributed by atoms with Gasteiger partial charge in [-0.25, -0.2) is 0 Å². The van der Waals surface area contributed by atoms with Gasteiger partial charge in [0.2, 0.25) is 0 Å². The second-order valence-corrected chi connectivity index (χ2v) is 10.1. The van der Waals surface area contributed by atoms with Crippen molar-refractivity contribution >= 4 is 0 Å². The van der Waals surface area contributed by atoms with Crippen molar-refractivity contribution in [3.05, 3.63) is 0 Å². The lowest BCUT2D eigenvalue weighted by Crippen LogP contribution is -2.57. The van der Waals surface area contributed by atoms with Gasteiger partial charge in [-0.05, 0) is 85.4 Å². The van der Waals surface area contributed by atoms with Crippen LogP contribution in [0.15, 0.2) is 0 Å². The molecule has 0 aromatic heterocycles. The number of rotatable bonds is 2. The van der Waals surface area contributed by atoms with Gasteiger partial charge in [0.15, 0.2) is 0 Å². The topological polar surface area (TPSA) is 20.2 Å². The summed E-state index contributed by atoms with van der Waals surface area (Å²) in [5, 5.41) is 11.1. The van der Waals surface area contributed by atoms with Gasteiger partial charge in [-0.15, -0.1) is 0 Å². The molecule has 4 fully saturated rings. The summed E-state index contributed by atoms with van der Waals surface area (Å²) in [6.07, 6.45) is 15.2. The fourth-order valence-corrected chi connectivity index (χ4v) is 8.19. The summed E-state index contributed by atoms with van der Waals surface area (Å²) in [5.74, 6) is 3.99. The molecule has 0 saturated heterocycles. The van der Waals surface area contributed by atoms with Crippen LogP contribution in [0.1, 0.15) is 91.4 Å². The van der Waals surface area contributed by atoms with Crippen molar-refractivity contribution in [3.8, 4) is 0 Å². The zero-order valence-electron chi connectivity index (χ0n) is 15.7. The van der Waals surface area contributed by atoms with E-state index in [1.165, 1.54) is 64.2 Å². The lowest BCUT2D eigenvalue weighted by molar-refractivity contribution is -0.162. The van der Waals surface area contributed by atoms with Crippen LogP contribution >= 0.6 is 0 Å². The van der Waals surface area contributed by atoms with Gasteiger partial charge >= 0.3 is 0 Å².